The normalized spacial score (nSPS) is 10.5. The topological polar surface area (TPSA) is 39.2 Å². The van der Waals surface area contributed by atoms with Crippen LogP contribution in [0.4, 0.5) is 13.2 Å². The first-order valence-electron chi connectivity index (χ1n) is 5.30. The van der Waals surface area contributed by atoms with Gasteiger partial charge in [0.2, 0.25) is 0 Å². The van der Waals surface area contributed by atoms with E-state index in [0.29, 0.717) is 12.1 Å². The number of benzene rings is 1. The van der Waals surface area contributed by atoms with Crippen LogP contribution in [0.2, 0.25) is 0 Å². The van der Waals surface area contributed by atoms with E-state index in [1.54, 1.807) is 6.92 Å². The number of aromatic nitrogens is 1. The Morgan fingerprint density at radius 3 is 2.53 bits per heavy atom. The van der Waals surface area contributed by atoms with Gasteiger partial charge in [0, 0.05) is 17.5 Å². The highest BCUT2D eigenvalue weighted by molar-refractivity contribution is 7.13. The van der Waals surface area contributed by atoms with Gasteiger partial charge in [-0.05, 0) is 6.92 Å². The highest BCUT2D eigenvalue weighted by Crippen LogP contribution is 2.29. The molecule has 0 saturated heterocycles. The summed E-state index contributed by atoms with van der Waals surface area (Å²) in [6.45, 7) is 1.80. The lowest BCUT2D eigenvalue weighted by atomic mass is 10.2. The predicted molar refractivity (Wildman–Crippen MR) is 63.4 cm³/mol. The maximum absolute atomic E-state index is 13.5. The van der Waals surface area contributed by atoms with Gasteiger partial charge >= 0.3 is 5.97 Å². The summed E-state index contributed by atoms with van der Waals surface area (Å²) in [6.07, 6.45) is 0. The van der Waals surface area contributed by atoms with Crippen LogP contribution in [0.15, 0.2) is 17.5 Å². The van der Waals surface area contributed by atoms with Crippen LogP contribution in [-0.4, -0.2) is 17.6 Å². The van der Waals surface area contributed by atoms with Gasteiger partial charge < -0.3 is 4.74 Å². The maximum Gasteiger partial charge on any atom is 0.357 e. The molecule has 0 atom stereocenters. The Morgan fingerprint density at radius 2 is 1.95 bits per heavy atom. The summed E-state index contributed by atoms with van der Waals surface area (Å²) in [5.41, 5.74) is -0.494. The Balaban J connectivity index is 2.41. The average Bonchev–Trinajstić information content (AvgIpc) is 2.77. The number of thiazole rings is 1. The van der Waals surface area contributed by atoms with Crippen molar-refractivity contribution >= 4 is 17.3 Å². The average molecular weight is 287 g/mol. The maximum atomic E-state index is 13.5. The van der Waals surface area contributed by atoms with Crippen LogP contribution in [0.3, 0.4) is 0 Å². The highest BCUT2D eigenvalue weighted by atomic mass is 32.1. The minimum absolute atomic E-state index is 0.0371. The second-order valence-electron chi connectivity index (χ2n) is 3.50. The summed E-state index contributed by atoms with van der Waals surface area (Å²) in [4.78, 5) is 15.2. The molecule has 0 bridgehead atoms. The highest BCUT2D eigenvalue weighted by Gasteiger charge is 2.19. The van der Waals surface area contributed by atoms with Gasteiger partial charge in [0.05, 0.1) is 12.2 Å². The van der Waals surface area contributed by atoms with E-state index < -0.39 is 29.0 Å². The zero-order chi connectivity index (χ0) is 14.0. The molecule has 1 aromatic heterocycles. The molecule has 0 aliphatic rings. The second-order valence-corrected chi connectivity index (χ2v) is 4.36. The summed E-state index contributed by atoms with van der Waals surface area (Å²) in [5, 5.41) is 1.29. The third-order valence-corrected chi connectivity index (χ3v) is 3.07. The summed E-state index contributed by atoms with van der Waals surface area (Å²) in [6, 6.07) is 1.12. The Hall–Kier alpha value is -1.89. The molecule has 0 unspecified atom stereocenters. The molecule has 0 saturated carbocycles. The van der Waals surface area contributed by atoms with E-state index in [1.165, 1.54) is 5.38 Å². The molecule has 2 rings (SSSR count). The first-order valence-corrected chi connectivity index (χ1v) is 6.18. The summed E-state index contributed by atoms with van der Waals surface area (Å²) in [5.74, 6) is -3.82. The fourth-order valence-electron chi connectivity index (χ4n) is 1.43. The second kappa shape index (κ2) is 5.40. The molecule has 100 valence electrons. The van der Waals surface area contributed by atoms with E-state index in [9.17, 15) is 18.0 Å². The van der Waals surface area contributed by atoms with Gasteiger partial charge in [-0.2, -0.15) is 0 Å². The standard InChI is InChI=1S/C12H8F3NO2S/c1-2-18-12(17)9-5-19-11(16-9)10-7(14)3-6(13)4-8(10)15/h3-5H,2H2,1H3. The molecule has 0 spiro atoms. The lowest BCUT2D eigenvalue weighted by Gasteiger charge is -2.01. The lowest BCUT2D eigenvalue weighted by Crippen LogP contribution is -2.04. The van der Waals surface area contributed by atoms with Crippen LogP contribution in [0, 0.1) is 17.5 Å². The summed E-state index contributed by atoms with van der Waals surface area (Å²) in [7, 11) is 0. The van der Waals surface area contributed by atoms with E-state index in [2.05, 4.69) is 4.98 Å². The van der Waals surface area contributed by atoms with Crippen molar-refractivity contribution in [2.75, 3.05) is 6.61 Å². The predicted octanol–water partition coefficient (Wildman–Crippen LogP) is 3.40. The monoisotopic (exact) mass is 287 g/mol. The van der Waals surface area contributed by atoms with Crippen LogP contribution in [0.5, 0.6) is 0 Å². The fourth-order valence-corrected chi connectivity index (χ4v) is 2.27. The van der Waals surface area contributed by atoms with Gasteiger partial charge in [-0.3, -0.25) is 0 Å². The molecule has 0 radical (unpaired) electrons. The van der Waals surface area contributed by atoms with Crippen LogP contribution in [0.1, 0.15) is 17.4 Å². The molecule has 2 aromatic rings. The molecule has 3 nitrogen and oxygen atoms in total. The molecular formula is C12H8F3NO2S. The van der Waals surface area contributed by atoms with Gasteiger partial charge in [-0.15, -0.1) is 11.3 Å². The van der Waals surface area contributed by atoms with E-state index in [1.807, 2.05) is 0 Å². The number of carbonyl (C=O) groups excluding carboxylic acids is 1. The first-order chi connectivity index (χ1) is 9.02. The number of ether oxygens (including phenoxy) is 1. The lowest BCUT2D eigenvalue weighted by molar-refractivity contribution is 0.0520. The molecule has 7 heteroatoms. The van der Waals surface area contributed by atoms with Crippen LogP contribution in [0.25, 0.3) is 10.6 Å². The number of hydrogen-bond acceptors (Lipinski definition) is 4. The summed E-state index contributed by atoms with van der Waals surface area (Å²) >= 11 is 0.877. The number of rotatable bonds is 3. The zero-order valence-electron chi connectivity index (χ0n) is 9.75. The van der Waals surface area contributed by atoms with E-state index in [4.69, 9.17) is 4.74 Å². The van der Waals surface area contributed by atoms with E-state index in [0.717, 1.165) is 11.3 Å². The number of halogens is 3. The van der Waals surface area contributed by atoms with Gasteiger partial charge in [-0.25, -0.2) is 22.9 Å². The largest absolute Gasteiger partial charge is 0.461 e. The summed E-state index contributed by atoms with van der Waals surface area (Å²) < 4.78 is 44.6. The van der Waals surface area contributed by atoms with Crippen molar-refractivity contribution in [3.8, 4) is 10.6 Å². The number of carbonyl (C=O) groups is 1. The minimum Gasteiger partial charge on any atom is -0.461 e. The Morgan fingerprint density at radius 1 is 1.32 bits per heavy atom. The quantitative estimate of drug-likeness (QED) is 0.812. The first kappa shape index (κ1) is 13.5. The molecule has 1 heterocycles. The van der Waals surface area contributed by atoms with Crippen LogP contribution < -0.4 is 0 Å². The molecule has 0 aliphatic heterocycles. The van der Waals surface area contributed by atoms with Gasteiger partial charge in [-0.1, -0.05) is 0 Å². The third-order valence-electron chi connectivity index (χ3n) is 2.21. The Labute approximate surface area is 110 Å². The van der Waals surface area contributed by atoms with E-state index >= 15 is 0 Å². The van der Waals surface area contributed by atoms with Crippen molar-refractivity contribution in [2.24, 2.45) is 0 Å². The SMILES string of the molecule is CCOC(=O)c1csc(-c2c(F)cc(F)cc2F)n1. The van der Waals surface area contributed by atoms with Gasteiger partial charge in [0.15, 0.2) is 5.69 Å². The van der Waals surface area contributed by atoms with Crippen molar-refractivity contribution in [1.29, 1.82) is 0 Å². The Kier molecular flexibility index (Phi) is 3.84. The number of nitrogens with zero attached hydrogens (tertiary/aromatic N) is 1. The molecule has 0 amide bonds. The van der Waals surface area contributed by atoms with Gasteiger partial charge in [0.25, 0.3) is 0 Å². The minimum atomic E-state index is -1.07. The molecule has 0 aliphatic carbocycles. The molecule has 0 N–H and O–H groups in total. The number of esters is 1. The van der Waals surface area contributed by atoms with Gasteiger partial charge in [0.1, 0.15) is 22.5 Å². The molecule has 0 fully saturated rings. The van der Waals surface area contributed by atoms with Crippen molar-refractivity contribution in [1.82, 2.24) is 4.98 Å². The van der Waals surface area contributed by atoms with E-state index in [-0.39, 0.29) is 17.3 Å². The fraction of sp³-hybridized carbons (Fsp3) is 0.167. The van der Waals surface area contributed by atoms with Crippen LogP contribution >= 0.6 is 11.3 Å². The Bertz CT molecular complexity index is 604. The molecule has 19 heavy (non-hydrogen) atoms. The van der Waals surface area contributed by atoms with Crippen molar-refractivity contribution in [3.63, 3.8) is 0 Å². The molecular weight excluding hydrogens is 279 g/mol. The smallest absolute Gasteiger partial charge is 0.357 e. The van der Waals surface area contributed by atoms with Crippen LogP contribution in [-0.2, 0) is 4.74 Å². The molecule has 1 aromatic carbocycles. The van der Waals surface area contributed by atoms with Crippen molar-refractivity contribution in [2.45, 2.75) is 6.92 Å². The number of hydrogen-bond donors (Lipinski definition) is 0. The van der Waals surface area contributed by atoms with Crippen molar-refractivity contribution < 1.29 is 22.7 Å². The third kappa shape index (κ3) is 2.76. The zero-order valence-corrected chi connectivity index (χ0v) is 10.6. The van der Waals surface area contributed by atoms with Crippen molar-refractivity contribution in [3.05, 3.63) is 40.7 Å².